The van der Waals surface area contributed by atoms with E-state index in [0.29, 0.717) is 4.91 Å². The first-order valence-corrected chi connectivity index (χ1v) is 9.58. The number of hydrogen-bond donors (Lipinski definition) is 0. The molecule has 4 nitrogen and oxygen atoms in total. The van der Waals surface area contributed by atoms with Crippen molar-refractivity contribution in [3.8, 4) is 0 Å². The van der Waals surface area contributed by atoms with Crippen molar-refractivity contribution in [2.24, 2.45) is 0 Å². The van der Waals surface area contributed by atoms with Gasteiger partial charge >= 0.3 is 0 Å². The molecule has 136 valence electrons. The van der Waals surface area contributed by atoms with E-state index in [9.17, 15) is 9.59 Å². The van der Waals surface area contributed by atoms with Gasteiger partial charge in [-0.25, -0.2) is 0 Å². The summed E-state index contributed by atoms with van der Waals surface area (Å²) in [6, 6.07) is 6.22. The average molecular weight is 369 g/mol. The number of likely N-dealkylation sites (N-methyl/N-ethyl adjacent to an activating group) is 1. The van der Waals surface area contributed by atoms with Gasteiger partial charge in [-0.05, 0) is 68.8 Å². The van der Waals surface area contributed by atoms with Crippen LogP contribution in [0.3, 0.4) is 0 Å². The van der Waals surface area contributed by atoms with Gasteiger partial charge in [0.05, 0.1) is 10.4 Å². The molecule has 0 N–H and O–H groups in total. The number of hydrogen-bond acceptors (Lipinski definition) is 4. The van der Waals surface area contributed by atoms with E-state index in [-0.39, 0.29) is 23.2 Å². The number of nitrogens with zero attached hydrogens (tertiary/aromatic N) is 2. The standard InChI is InChI=1S/C21H24N2O2S/c1-6-10-22-19(24)18(26-20(22)25)12-15-8-9-17-16(11-15)14(3)13-21(4,5)23(17)7-2/h6,8-9,11-13H,1,7,10H2,2-5H3/b18-12-. The summed E-state index contributed by atoms with van der Waals surface area (Å²) in [7, 11) is 0. The molecule has 1 aromatic carbocycles. The van der Waals surface area contributed by atoms with Crippen molar-refractivity contribution in [2.45, 2.75) is 33.2 Å². The summed E-state index contributed by atoms with van der Waals surface area (Å²) >= 11 is 0.985. The Kier molecular flexibility index (Phi) is 4.84. The summed E-state index contributed by atoms with van der Waals surface area (Å²) in [4.78, 5) is 28.4. The molecule has 0 atom stereocenters. The summed E-state index contributed by atoms with van der Waals surface area (Å²) in [5.74, 6) is -0.249. The lowest BCUT2D eigenvalue weighted by Gasteiger charge is -2.42. The largest absolute Gasteiger partial charge is 0.363 e. The number of imide groups is 1. The molecule has 2 heterocycles. The first kappa shape index (κ1) is 18.5. The molecule has 0 aliphatic carbocycles. The Morgan fingerprint density at radius 2 is 2.00 bits per heavy atom. The Labute approximate surface area is 159 Å². The Balaban J connectivity index is 1.98. The molecule has 0 saturated carbocycles. The monoisotopic (exact) mass is 368 g/mol. The molecule has 2 amide bonds. The van der Waals surface area contributed by atoms with E-state index in [1.165, 1.54) is 21.7 Å². The van der Waals surface area contributed by atoms with Crippen LogP contribution < -0.4 is 4.90 Å². The van der Waals surface area contributed by atoms with Crippen molar-refractivity contribution in [1.82, 2.24) is 4.90 Å². The van der Waals surface area contributed by atoms with Gasteiger partial charge in [-0.15, -0.1) is 6.58 Å². The van der Waals surface area contributed by atoms with Gasteiger partial charge in [0.2, 0.25) is 0 Å². The predicted octanol–water partition coefficient (Wildman–Crippen LogP) is 4.93. The highest BCUT2D eigenvalue weighted by Gasteiger charge is 2.34. The molecule has 0 bridgehead atoms. The lowest BCUT2D eigenvalue weighted by Crippen LogP contribution is -2.44. The minimum absolute atomic E-state index is 0.0271. The molecule has 0 aromatic heterocycles. The molecule has 1 aromatic rings. The molecule has 1 fully saturated rings. The van der Waals surface area contributed by atoms with Crippen LogP contribution in [0.25, 0.3) is 11.6 Å². The highest BCUT2D eigenvalue weighted by Crippen LogP contribution is 2.40. The molecule has 0 radical (unpaired) electrons. The van der Waals surface area contributed by atoms with Crippen molar-refractivity contribution in [3.05, 3.63) is 53.0 Å². The maximum absolute atomic E-state index is 12.4. The van der Waals surface area contributed by atoms with Crippen LogP contribution in [0, 0.1) is 0 Å². The second kappa shape index (κ2) is 6.80. The first-order valence-electron chi connectivity index (χ1n) is 8.76. The fourth-order valence-electron chi connectivity index (χ4n) is 3.71. The van der Waals surface area contributed by atoms with Gasteiger partial charge < -0.3 is 4.90 Å². The second-order valence-corrected chi connectivity index (χ2v) is 8.08. The van der Waals surface area contributed by atoms with E-state index >= 15 is 0 Å². The van der Waals surface area contributed by atoms with Crippen LogP contribution in [0.5, 0.6) is 0 Å². The van der Waals surface area contributed by atoms with Gasteiger partial charge in [0.25, 0.3) is 11.1 Å². The summed E-state index contributed by atoms with van der Waals surface area (Å²) < 4.78 is 0. The predicted molar refractivity (Wildman–Crippen MR) is 110 cm³/mol. The van der Waals surface area contributed by atoms with Crippen LogP contribution in [0.15, 0.2) is 41.8 Å². The van der Waals surface area contributed by atoms with Crippen molar-refractivity contribution in [2.75, 3.05) is 18.0 Å². The van der Waals surface area contributed by atoms with Gasteiger partial charge in [0.15, 0.2) is 0 Å². The van der Waals surface area contributed by atoms with E-state index < -0.39 is 0 Å². The second-order valence-electron chi connectivity index (χ2n) is 7.08. The first-order chi connectivity index (χ1) is 12.3. The summed E-state index contributed by atoms with van der Waals surface area (Å²) in [5, 5.41) is -0.242. The molecular weight excluding hydrogens is 344 g/mol. The lowest BCUT2D eigenvalue weighted by atomic mass is 9.88. The third kappa shape index (κ3) is 3.12. The van der Waals surface area contributed by atoms with Gasteiger partial charge in [-0.3, -0.25) is 14.5 Å². The molecule has 0 spiro atoms. The van der Waals surface area contributed by atoms with Gasteiger partial charge in [-0.2, -0.15) is 0 Å². The third-order valence-corrected chi connectivity index (χ3v) is 5.71. The van der Waals surface area contributed by atoms with Gasteiger partial charge in [0.1, 0.15) is 0 Å². The SMILES string of the molecule is C=CCN1C(=O)S/C(=C\c2ccc3c(c2)C(C)=CC(C)(C)N3CC)C1=O. The Morgan fingerprint density at radius 3 is 2.65 bits per heavy atom. The van der Waals surface area contributed by atoms with Crippen LogP contribution in [0.1, 0.15) is 38.8 Å². The Hall–Kier alpha value is -2.27. The van der Waals surface area contributed by atoms with Crippen molar-refractivity contribution in [1.29, 1.82) is 0 Å². The highest BCUT2D eigenvalue weighted by molar-refractivity contribution is 8.18. The number of allylic oxidation sites excluding steroid dienone is 1. The van der Waals surface area contributed by atoms with E-state index in [2.05, 4.69) is 57.4 Å². The Morgan fingerprint density at radius 1 is 1.27 bits per heavy atom. The number of amides is 2. The molecule has 3 rings (SSSR count). The number of anilines is 1. The van der Waals surface area contributed by atoms with Crippen molar-refractivity contribution >= 4 is 40.2 Å². The molecule has 2 aliphatic heterocycles. The summed E-state index contributed by atoms with van der Waals surface area (Å²) in [6.45, 7) is 13.5. The third-order valence-electron chi connectivity index (χ3n) is 4.80. The number of carbonyl (C=O) groups is 2. The number of benzene rings is 1. The maximum atomic E-state index is 12.4. The van der Waals surface area contributed by atoms with Gasteiger partial charge in [0, 0.05) is 24.3 Å². The van der Waals surface area contributed by atoms with E-state index in [1.807, 2.05) is 6.07 Å². The van der Waals surface area contributed by atoms with Crippen molar-refractivity contribution in [3.63, 3.8) is 0 Å². The van der Waals surface area contributed by atoms with Crippen LogP contribution in [-0.4, -0.2) is 34.7 Å². The summed E-state index contributed by atoms with van der Waals surface area (Å²) in [5.41, 5.74) is 4.50. The number of carbonyl (C=O) groups excluding carboxylic acids is 2. The molecule has 0 unspecified atom stereocenters. The van der Waals surface area contributed by atoms with Crippen LogP contribution in [0.4, 0.5) is 10.5 Å². The quantitative estimate of drug-likeness (QED) is 0.558. The van der Waals surface area contributed by atoms with Crippen molar-refractivity contribution < 1.29 is 9.59 Å². The Bertz CT molecular complexity index is 852. The number of thioether (sulfide) groups is 1. The average Bonchev–Trinajstić information content (AvgIpc) is 2.83. The minimum atomic E-state index is -0.249. The fraction of sp³-hybridized carbons (Fsp3) is 0.333. The van der Waals surface area contributed by atoms with Crippen LogP contribution >= 0.6 is 11.8 Å². The normalized spacial score (nSPS) is 20.5. The van der Waals surface area contributed by atoms with E-state index in [0.717, 1.165) is 23.9 Å². The van der Waals surface area contributed by atoms with Crippen LogP contribution in [-0.2, 0) is 4.79 Å². The zero-order valence-electron chi connectivity index (χ0n) is 15.7. The van der Waals surface area contributed by atoms with Crippen LogP contribution in [0.2, 0.25) is 0 Å². The molecule has 1 saturated heterocycles. The zero-order valence-corrected chi connectivity index (χ0v) is 16.5. The fourth-order valence-corrected chi connectivity index (χ4v) is 4.55. The van der Waals surface area contributed by atoms with E-state index in [4.69, 9.17) is 0 Å². The smallest absolute Gasteiger partial charge is 0.293 e. The summed E-state index contributed by atoms with van der Waals surface area (Å²) in [6.07, 6.45) is 5.64. The lowest BCUT2D eigenvalue weighted by molar-refractivity contribution is -0.122. The molecule has 2 aliphatic rings. The maximum Gasteiger partial charge on any atom is 0.293 e. The minimum Gasteiger partial charge on any atom is -0.363 e. The zero-order chi connectivity index (χ0) is 19.1. The topological polar surface area (TPSA) is 40.6 Å². The van der Waals surface area contributed by atoms with Gasteiger partial charge in [-0.1, -0.05) is 18.2 Å². The van der Waals surface area contributed by atoms with E-state index in [1.54, 1.807) is 12.2 Å². The molecule has 26 heavy (non-hydrogen) atoms. The highest BCUT2D eigenvalue weighted by atomic mass is 32.2. The molecule has 5 heteroatoms. The number of fused-ring (bicyclic) bond motifs is 1. The number of rotatable bonds is 4. The molecular formula is C21H24N2O2S.